The summed E-state index contributed by atoms with van der Waals surface area (Å²) in [5, 5.41) is 3.76. The van der Waals surface area contributed by atoms with Crippen LogP contribution in [0.5, 0.6) is 5.75 Å². The van der Waals surface area contributed by atoms with Crippen molar-refractivity contribution in [1.82, 2.24) is 0 Å². The van der Waals surface area contributed by atoms with Crippen molar-refractivity contribution in [2.24, 2.45) is 0 Å². The number of hydrogen-bond acceptors (Lipinski definition) is 3. The zero-order valence-electron chi connectivity index (χ0n) is 13.1. The van der Waals surface area contributed by atoms with Crippen LogP contribution in [0.15, 0.2) is 42.5 Å². The van der Waals surface area contributed by atoms with E-state index in [0.29, 0.717) is 46.5 Å². The molecule has 0 spiro atoms. The van der Waals surface area contributed by atoms with Gasteiger partial charge in [0.05, 0.1) is 11.6 Å². The number of Topliss-reactive ketones (excluding diaryl/α,β-unsaturated/α-hetero) is 1. The molecule has 2 aromatic carbocycles. The van der Waals surface area contributed by atoms with E-state index < -0.39 is 0 Å². The first kappa shape index (κ1) is 18.3. The van der Waals surface area contributed by atoms with Crippen molar-refractivity contribution >= 4 is 40.6 Å². The molecule has 0 radical (unpaired) electrons. The van der Waals surface area contributed by atoms with Gasteiger partial charge in [0.2, 0.25) is 5.91 Å². The maximum absolute atomic E-state index is 11.9. The largest absolute Gasteiger partial charge is 0.492 e. The zero-order chi connectivity index (χ0) is 17.5. The Hall–Kier alpha value is -2.04. The number of nitrogens with one attached hydrogen (secondary N) is 1. The normalized spacial score (nSPS) is 10.3. The fourth-order valence-corrected chi connectivity index (χ4v) is 2.48. The van der Waals surface area contributed by atoms with Gasteiger partial charge in [-0.25, -0.2) is 0 Å². The van der Waals surface area contributed by atoms with Crippen molar-refractivity contribution in [2.75, 3.05) is 11.9 Å². The molecule has 0 atom stereocenters. The third-order valence-electron chi connectivity index (χ3n) is 3.27. The van der Waals surface area contributed by atoms with Crippen molar-refractivity contribution in [3.63, 3.8) is 0 Å². The molecular weight excluding hydrogens is 349 g/mol. The minimum Gasteiger partial charge on any atom is -0.492 e. The standard InChI is InChI=1S/C18H17Cl2NO3/c1-12(22)13-4-7-15(8-5-13)21-18(23)3-2-10-24-17-9-6-14(19)11-16(17)20/h4-9,11H,2-3,10H2,1H3,(H,21,23). The van der Waals surface area contributed by atoms with Gasteiger partial charge in [0.1, 0.15) is 5.75 Å². The molecular formula is C18H17Cl2NO3. The molecule has 0 heterocycles. The third-order valence-corrected chi connectivity index (χ3v) is 3.81. The molecule has 0 fully saturated rings. The van der Waals surface area contributed by atoms with E-state index in [1.165, 1.54) is 6.92 Å². The lowest BCUT2D eigenvalue weighted by Gasteiger charge is -2.09. The molecule has 6 heteroatoms. The van der Waals surface area contributed by atoms with Gasteiger partial charge in [0.25, 0.3) is 0 Å². The Labute approximate surface area is 150 Å². The van der Waals surface area contributed by atoms with Gasteiger partial charge in [-0.3, -0.25) is 9.59 Å². The van der Waals surface area contributed by atoms with Gasteiger partial charge in [-0.2, -0.15) is 0 Å². The van der Waals surface area contributed by atoms with E-state index in [-0.39, 0.29) is 11.7 Å². The SMILES string of the molecule is CC(=O)c1ccc(NC(=O)CCCOc2ccc(Cl)cc2Cl)cc1. The minimum absolute atomic E-state index is 0.00844. The highest BCUT2D eigenvalue weighted by molar-refractivity contribution is 6.35. The number of carbonyl (C=O) groups excluding carboxylic acids is 2. The van der Waals surface area contributed by atoms with Crippen molar-refractivity contribution in [3.8, 4) is 5.75 Å². The lowest BCUT2D eigenvalue weighted by Crippen LogP contribution is -2.13. The number of amides is 1. The highest BCUT2D eigenvalue weighted by Gasteiger charge is 2.06. The van der Waals surface area contributed by atoms with Crippen LogP contribution in [0.1, 0.15) is 30.1 Å². The second-order valence-corrected chi connectivity index (χ2v) is 6.05. The molecule has 0 unspecified atom stereocenters. The molecule has 126 valence electrons. The number of hydrogen-bond donors (Lipinski definition) is 1. The monoisotopic (exact) mass is 365 g/mol. The Morgan fingerprint density at radius 2 is 1.79 bits per heavy atom. The molecule has 24 heavy (non-hydrogen) atoms. The zero-order valence-corrected chi connectivity index (χ0v) is 14.7. The molecule has 1 N–H and O–H groups in total. The van der Waals surface area contributed by atoms with Gasteiger partial charge in [-0.1, -0.05) is 23.2 Å². The van der Waals surface area contributed by atoms with Crippen LogP contribution < -0.4 is 10.1 Å². The van der Waals surface area contributed by atoms with E-state index in [1.807, 2.05) is 0 Å². The number of anilines is 1. The first-order chi connectivity index (χ1) is 11.5. The fourth-order valence-electron chi connectivity index (χ4n) is 2.02. The summed E-state index contributed by atoms with van der Waals surface area (Å²) in [4.78, 5) is 23.1. The summed E-state index contributed by atoms with van der Waals surface area (Å²) in [6.45, 7) is 1.87. The lowest BCUT2D eigenvalue weighted by molar-refractivity contribution is -0.116. The Morgan fingerprint density at radius 1 is 1.08 bits per heavy atom. The lowest BCUT2D eigenvalue weighted by atomic mass is 10.1. The number of benzene rings is 2. The predicted molar refractivity (Wildman–Crippen MR) is 96.3 cm³/mol. The van der Waals surface area contributed by atoms with Gasteiger partial charge in [0, 0.05) is 22.7 Å². The number of ketones is 1. The van der Waals surface area contributed by atoms with Crippen LogP contribution in [0.2, 0.25) is 10.0 Å². The van der Waals surface area contributed by atoms with E-state index in [2.05, 4.69) is 5.32 Å². The molecule has 1 amide bonds. The second kappa shape index (κ2) is 8.71. The smallest absolute Gasteiger partial charge is 0.224 e. The number of carbonyl (C=O) groups is 2. The summed E-state index contributed by atoms with van der Waals surface area (Å²) in [5.41, 5.74) is 1.27. The molecule has 4 nitrogen and oxygen atoms in total. The van der Waals surface area contributed by atoms with Crippen molar-refractivity contribution in [2.45, 2.75) is 19.8 Å². The van der Waals surface area contributed by atoms with Crippen LogP contribution in [0, 0.1) is 0 Å². The van der Waals surface area contributed by atoms with Crippen LogP contribution in [0.25, 0.3) is 0 Å². The van der Waals surface area contributed by atoms with Crippen LogP contribution in [-0.2, 0) is 4.79 Å². The molecule has 0 saturated heterocycles. The highest BCUT2D eigenvalue weighted by Crippen LogP contribution is 2.27. The molecule has 0 aliphatic rings. The Kier molecular flexibility index (Phi) is 6.64. The summed E-state index contributed by atoms with van der Waals surface area (Å²) < 4.78 is 5.53. The molecule has 0 bridgehead atoms. The Morgan fingerprint density at radius 3 is 2.42 bits per heavy atom. The summed E-state index contributed by atoms with van der Waals surface area (Å²) in [6, 6.07) is 11.8. The van der Waals surface area contributed by atoms with E-state index in [0.717, 1.165) is 0 Å². The minimum atomic E-state index is -0.114. The molecule has 0 aliphatic carbocycles. The van der Waals surface area contributed by atoms with E-state index in [1.54, 1.807) is 42.5 Å². The van der Waals surface area contributed by atoms with Gasteiger partial charge < -0.3 is 10.1 Å². The Balaban J connectivity index is 1.74. The maximum atomic E-state index is 11.9. The summed E-state index contributed by atoms with van der Waals surface area (Å²) in [5.74, 6) is 0.420. The number of ether oxygens (including phenoxy) is 1. The molecule has 2 rings (SSSR count). The summed E-state index contributed by atoms with van der Waals surface area (Å²) in [6.07, 6.45) is 0.871. The highest BCUT2D eigenvalue weighted by atomic mass is 35.5. The van der Waals surface area contributed by atoms with Crippen LogP contribution in [0.4, 0.5) is 5.69 Å². The molecule has 0 saturated carbocycles. The van der Waals surface area contributed by atoms with Gasteiger partial charge >= 0.3 is 0 Å². The topological polar surface area (TPSA) is 55.4 Å². The van der Waals surface area contributed by atoms with Crippen LogP contribution in [0.3, 0.4) is 0 Å². The summed E-state index contributed by atoms with van der Waals surface area (Å²) in [7, 11) is 0. The van der Waals surface area contributed by atoms with Crippen LogP contribution in [-0.4, -0.2) is 18.3 Å². The van der Waals surface area contributed by atoms with Crippen LogP contribution >= 0.6 is 23.2 Å². The van der Waals surface area contributed by atoms with Gasteiger partial charge in [-0.05, 0) is 55.8 Å². The number of rotatable bonds is 7. The molecule has 2 aromatic rings. The predicted octanol–water partition coefficient (Wildman–Crippen LogP) is 4.99. The van der Waals surface area contributed by atoms with Crippen molar-refractivity contribution < 1.29 is 14.3 Å². The van der Waals surface area contributed by atoms with E-state index >= 15 is 0 Å². The van der Waals surface area contributed by atoms with Crippen molar-refractivity contribution in [1.29, 1.82) is 0 Å². The van der Waals surface area contributed by atoms with E-state index in [9.17, 15) is 9.59 Å². The average molecular weight is 366 g/mol. The van der Waals surface area contributed by atoms with Crippen molar-refractivity contribution in [3.05, 3.63) is 58.1 Å². The fraction of sp³-hybridized carbons (Fsp3) is 0.222. The number of halogens is 2. The first-order valence-electron chi connectivity index (χ1n) is 7.44. The van der Waals surface area contributed by atoms with E-state index in [4.69, 9.17) is 27.9 Å². The van der Waals surface area contributed by atoms with Gasteiger partial charge in [0.15, 0.2) is 5.78 Å². The maximum Gasteiger partial charge on any atom is 0.224 e. The Bertz CT molecular complexity index is 730. The average Bonchev–Trinajstić information content (AvgIpc) is 2.53. The first-order valence-corrected chi connectivity index (χ1v) is 8.20. The van der Waals surface area contributed by atoms with Gasteiger partial charge in [-0.15, -0.1) is 0 Å². The molecule has 0 aliphatic heterocycles. The molecule has 0 aromatic heterocycles. The quantitative estimate of drug-likeness (QED) is 0.555. The third kappa shape index (κ3) is 5.55. The second-order valence-electron chi connectivity index (χ2n) is 5.21. The summed E-state index contributed by atoms with van der Waals surface area (Å²) >= 11 is 11.8.